The van der Waals surface area contributed by atoms with E-state index >= 15 is 0 Å². The van der Waals surface area contributed by atoms with E-state index in [0.29, 0.717) is 18.7 Å². The van der Waals surface area contributed by atoms with Gasteiger partial charge in [0.2, 0.25) is 0 Å². The topological polar surface area (TPSA) is 65.1 Å². The number of benzene rings is 2. The SMILES string of the molecule is CC(O)CCNC(=O)c1cc2c(ccc3ccccc32)[nH]1. The summed E-state index contributed by atoms with van der Waals surface area (Å²) in [5.41, 5.74) is 1.50. The molecule has 0 radical (unpaired) electrons. The molecule has 0 saturated carbocycles. The maximum absolute atomic E-state index is 12.1. The third kappa shape index (κ3) is 2.76. The number of carbonyl (C=O) groups excluding carboxylic acids is 1. The molecule has 0 aliphatic rings. The Hall–Kier alpha value is -2.33. The van der Waals surface area contributed by atoms with Crippen LogP contribution in [0.4, 0.5) is 0 Å². The van der Waals surface area contributed by atoms with Gasteiger partial charge in [0.05, 0.1) is 6.10 Å². The summed E-state index contributed by atoms with van der Waals surface area (Å²) in [5, 5.41) is 15.4. The molecule has 21 heavy (non-hydrogen) atoms. The summed E-state index contributed by atoms with van der Waals surface area (Å²) in [5.74, 6) is -0.143. The number of rotatable bonds is 4. The van der Waals surface area contributed by atoms with Gasteiger partial charge in [-0.25, -0.2) is 0 Å². The minimum absolute atomic E-state index is 0.143. The molecule has 3 aromatic rings. The van der Waals surface area contributed by atoms with E-state index in [2.05, 4.69) is 22.4 Å². The van der Waals surface area contributed by atoms with Crippen LogP contribution >= 0.6 is 0 Å². The number of carbonyl (C=O) groups is 1. The largest absolute Gasteiger partial charge is 0.393 e. The molecule has 3 rings (SSSR count). The Morgan fingerprint density at radius 1 is 1.24 bits per heavy atom. The van der Waals surface area contributed by atoms with Crippen LogP contribution in [0.15, 0.2) is 42.5 Å². The van der Waals surface area contributed by atoms with E-state index in [9.17, 15) is 9.90 Å². The van der Waals surface area contributed by atoms with Gasteiger partial charge in [0.25, 0.3) is 5.91 Å². The average molecular weight is 282 g/mol. The monoisotopic (exact) mass is 282 g/mol. The molecule has 0 bridgehead atoms. The lowest BCUT2D eigenvalue weighted by molar-refractivity contribution is 0.0941. The maximum atomic E-state index is 12.1. The van der Waals surface area contributed by atoms with Gasteiger partial charge in [0.1, 0.15) is 5.69 Å². The molecule has 2 aromatic carbocycles. The van der Waals surface area contributed by atoms with Crippen molar-refractivity contribution < 1.29 is 9.90 Å². The number of nitrogens with one attached hydrogen (secondary N) is 2. The molecule has 0 aliphatic carbocycles. The average Bonchev–Trinajstić information content (AvgIpc) is 2.91. The predicted octanol–water partition coefficient (Wildman–Crippen LogP) is 2.82. The summed E-state index contributed by atoms with van der Waals surface area (Å²) in [4.78, 5) is 15.3. The Morgan fingerprint density at radius 2 is 2.05 bits per heavy atom. The maximum Gasteiger partial charge on any atom is 0.267 e. The fourth-order valence-electron chi connectivity index (χ4n) is 2.50. The summed E-state index contributed by atoms with van der Waals surface area (Å²) >= 11 is 0. The number of amides is 1. The second-order valence-corrected chi connectivity index (χ2v) is 5.32. The van der Waals surface area contributed by atoms with Gasteiger partial charge in [-0.05, 0) is 36.2 Å². The van der Waals surface area contributed by atoms with E-state index in [-0.39, 0.29) is 5.91 Å². The van der Waals surface area contributed by atoms with Crippen LogP contribution < -0.4 is 5.32 Å². The number of aromatic nitrogens is 1. The summed E-state index contributed by atoms with van der Waals surface area (Å²) in [6, 6.07) is 14.0. The zero-order valence-electron chi connectivity index (χ0n) is 11.9. The molecule has 1 aromatic heterocycles. The van der Waals surface area contributed by atoms with Crippen LogP contribution in [0.25, 0.3) is 21.7 Å². The first-order chi connectivity index (χ1) is 10.1. The van der Waals surface area contributed by atoms with Crippen molar-refractivity contribution in [2.75, 3.05) is 6.54 Å². The van der Waals surface area contributed by atoms with Crippen LogP contribution in [0.2, 0.25) is 0 Å². The Labute approximate surface area is 122 Å². The normalized spacial score (nSPS) is 12.7. The fraction of sp³-hybridized carbons (Fsp3) is 0.235. The number of fused-ring (bicyclic) bond motifs is 3. The molecule has 108 valence electrons. The summed E-state index contributed by atoms with van der Waals surface area (Å²) in [6.07, 6.45) is 0.145. The van der Waals surface area contributed by atoms with Gasteiger partial charge < -0.3 is 15.4 Å². The molecular weight excluding hydrogens is 264 g/mol. The summed E-state index contributed by atoms with van der Waals surface area (Å²) in [6.45, 7) is 2.17. The Balaban J connectivity index is 1.90. The standard InChI is InChI=1S/C17H18N2O2/c1-11(20)8-9-18-17(21)16-10-14-13-5-3-2-4-12(13)6-7-15(14)19-16/h2-7,10-11,19-20H,8-9H2,1H3,(H,18,21). The molecule has 1 atom stereocenters. The van der Waals surface area contributed by atoms with Crippen molar-refractivity contribution in [1.29, 1.82) is 0 Å². The molecule has 1 unspecified atom stereocenters. The molecule has 4 nitrogen and oxygen atoms in total. The van der Waals surface area contributed by atoms with Crippen molar-refractivity contribution in [3.05, 3.63) is 48.2 Å². The minimum Gasteiger partial charge on any atom is -0.393 e. The molecule has 3 N–H and O–H groups in total. The van der Waals surface area contributed by atoms with Gasteiger partial charge >= 0.3 is 0 Å². The van der Waals surface area contributed by atoms with Crippen LogP contribution in [-0.4, -0.2) is 28.6 Å². The van der Waals surface area contributed by atoms with E-state index in [1.807, 2.05) is 30.3 Å². The zero-order chi connectivity index (χ0) is 14.8. The van der Waals surface area contributed by atoms with Gasteiger partial charge in [-0.15, -0.1) is 0 Å². The van der Waals surface area contributed by atoms with E-state index in [0.717, 1.165) is 21.7 Å². The van der Waals surface area contributed by atoms with Crippen molar-refractivity contribution in [3.8, 4) is 0 Å². The quantitative estimate of drug-likeness (QED) is 0.689. The highest BCUT2D eigenvalue weighted by Gasteiger charge is 2.11. The second-order valence-electron chi connectivity index (χ2n) is 5.32. The summed E-state index contributed by atoms with van der Waals surface area (Å²) in [7, 11) is 0. The molecule has 4 heteroatoms. The highest BCUT2D eigenvalue weighted by molar-refractivity contribution is 6.09. The lowest BCUT2D eigenvalue weighted by Crippen LogP contribution is -2.26. The highest BCUT2D eigenvalue weighted by atomic mass is 16.3. The molecule has 0 saturated heterocycles. The van der Waals surface area contributed by atoms with Gasteiger partial charge in [-0.3, -0.25) is 4.79 Å². The Kier molecular flexibility index (Phi) is 3.62. The van der Waals surface area contributed by atoms with Crippen molar-refractivity contribution in [2.45, 2.75) is 19.4 Å². The third-order valence-electron chi connectivity index (χ3n) is 3.62. The smallest absolute Gasteiger partial charge is 0.267 e. The van der Waals surface area contributed by atoms with Crippen LogP contribution in [0.5, 0.6) is 0 Å². The Bertz CT molecular complexity index is 790. The lowest BCUT2D eigenvalue weighted by Gasteiger charge is -2.05. The van der Waals surface area contributed by atoms with Crippen molar-refractivity contribution in [2.24, 2.45) is 0 Å². The fourth-order valence-corrected chi connectivity index (χ4v) is 2.50. The van der Waals surface area contributed by atoms with Gasteiger partial charge in [0, 0.05) is 17.4 Å². The molecule has 0 aliphatic heterocycles. The minimum atomic E-state index is -0.406. The van der Waals surface area contributed by atoms with E-state index in [1.165, 1.54) is 0 Å². The summed E-state index contributed by atoms with van der Waals surface area (Å²) < 4.78 is 0. The second kappa shape index (κ2) is 5.58. The van der Waals surface area contributed by atoms with Crippen LogP contribution in [-0.2, 0) is 0 Å². The third-order valence-corrected chi connectivity index (χ3v) is 3.62. The van der Waals surface area contributed by atoms with Crippen molar-refractivity contribution >= 4 is 27.6 Å². The van der Waals surface area contributed by atoms with Crippen LogP contribution in [0.1, 0.15) is 23.8 Å². The first kappa shape index (κ1) is 13.6. The van der Waals surface area contributed by atoms with Crippen molar-refractivity contribution in [1.82, 2.24) is 10.3 Å². The predicted molar refractivity (Wildman–Crippen MR) is 84.4 cm³/mol. The van der Waals surface area contributed by atoms with E-state index < -0.39 is 6.10 Å². The molecule has 0 spiro atoms. The molecule has 0 fully saturated rings. The van der Waals surface area contributed by atoms with Gasteiger partial charge in [-0.2, -0.15) is 0 Å². The Morgan fingerprint density at radius 3 is 2.86 bits per heavy atom. The van der Waals surface area contributed by atoms with Crippen molar-refractivity contribution in [3.63, 3.8) is 0 Å². The molecule has 1 heterocycles. The number of H-pyrrole nitrogens is 1. The number of aliphatic hydroxyl groups excluding tert-OH is 1. The number of aromatic amines is 1. The zero-order valence-corrected chi connectivity index (χ0v) is 11.9. The van der Waals surface area contributed by atoms with Gasteiger partial charge in [-0.1, -0.05) is 30.3 Å². The van der Waals surface area contributed by atoms with Crippen LogP contribution in [0, 0.1) is 0 Å². The van der Waals surface area contributed by atoms with E-state index in [4.69, 9.17) is 0 Å². The van der Waals surface area contributed by atoms with Crippen LogP contribution in [0.3, 0.4) is 0 Å². The van der Waals surface area contributed by atoms with Gasteiger partial charge in [0.15, 0.2) is 0 Å². The molecule has 1 amide bonds. The number of hydrogen-bond acceptors (Lipinski definition) is 2. The number of hydrogen-bond donors (Lipinski definition) is 3. The molecular formula is C17H18N2O2. The highest BCUT2D eigenvalue weighted by Crippen LogP contribution is 2.25. The lowest BCUT2D eigenvalue weighted by atomic mass is 10.1. The first-order valence-electron chi connectivity index (χ1n) is 7.12. The number of aliphatic hydroxyl groups is 1. The van der Waals surface area contributed by atoms with E-state index in [1.54, 1.807) is 6.92 Å². The first-order valence-corrected chi connectivity index (χ1v) is 7.12.